The first-order chi connectivity index (χ1) is 10.7. The second kappa shape index (κ2) is 7.90. The van der Waals surface area contributed by atoms with E-state index in [1.54, 1.807) is 12.1 Å². The number of fused-ring (bicyclic) bond motifs is 1. The van der Waals surface area contributed by atoms with Crippen molar-refractivity contribution in [1.82, 2.24) is 0 Å². The van der Waals surface area contributed by atoms with E-state index in [1.165, 1.54) is 11.8 Å². The van der Waals surface area contributed by atoms with E-state index in [-0.39, 0.29) is 19.0 Å². The second-order valence-corrected chi connectivity index (χ2v) is 6.09. The number of halogens is 1. The molecule has 0 bridgehead atoms. The molecule has 0 saturated carbocycles. The Morgan fingerprint density at radius 2 is 1.96 bits per heavy atom. The lowest BCUT2D eigenvalue weighted by Crippen LogP contribution is -2.12. The summed E-state index contributed by atoms with van der Waals surface area (Å²) in [7, 11) is 0. The van der Waals surface area contributed by atoms with Crippen molar-refractivity contribution in [3.63, 3.8) is 0 Å². The highest BCUT2D eigenvalue weighted by Gasteiger charge is 2.28. The van der Waals surface area contributed by atoms with E-state index in [1.807, 2.05) is 30.3 Å². The van der Waals surface area contributed by atoms with Gasteiger partial charge >= 0.3 is 0 Å². The lowest BCUT2D eigenvalue weighted by atomic mass is 10.1. The molecule has 0 aliphatic carbocycles. The fourth-order valence-corrected chi connectivity index (χ4v) is 3.37. The van der Waals surface area contributed by atoms with E-state index < -0.39 is 11.7 Å². The SMILES string of the molecule is Cl.NC[C@H](O)c1ccc(OCc2ccccc2)c2c1SC(O)N2. The van der Waals surface area contributed by atoms with Gasteiger partial charge in [-0.25, -0.2) is 0 Å². The van der Waals surface area contributed by atoms with Crippen molar-refractivity contribution in [2.45, 2.75) is 23.2 Å². The quantitative estimate of drug-likeness (QED) is 0.659. The lowest BCUT2D eigenvalue weighted by molar-refractivity contribution is 0.184. The van der Waals surface area contributed by atoms with Gasteiger partial charge in [0.2, 0.25) is 0 Å². The van der Waals surface area contributed by atoms with Crippen molar-refractivity contribution in [3.8, 4) is 5.75 Å². The van der Waals surface area contributed by atoms with Crippen LogP contribution < -0.4 is 15.8 Å². The zero-order valence-corrected chi connectivity index (χ0v) is 13.9. The molecule has 124 valence electrons. The Morgan fingerprint density at radius 1 is 1.22 bits per heavy atom. The lowest BCUT2D eigenvalue weighted by Gasteiger charge is -2.15. The van der Waals surface area contributed by atoms with E-state index >= 15 is 0 Å². The summed E-state index contributed by atoms with van der Waals surface area (Å²) in [5.41, 5.74) is 7.26. The Balaban J connectivity index is 0.00000192. The maximum Gasteiger partial charge on any atom is 0.178 e. The van der Waals surface area contributed by atoms with E-state index in [9.17, 15) is 10.2 Å². The van der Waals surface area contributed by atoms with Crippen molar-refractivity contribution in [2.24, 2.45) is 5.73 Å². The number of anilines is 1. The molecule has 0 aromatic heterocycles. The summed E-state index contributed by atoms with van der Waals surface area (Å²) in [6, 6.07) is 13.4. The normalized spacial score (nSPS) is 16.9. The van der Waals surface area contributed by atoms with Gasteiger partial charge < -0.3 is 26.0 Å². The summed E-state index contributed by atoms with van der Waals surface area (Å²) in [6.45, 7) is 0.571. The summed E-state index contributed by atoms with van der Waals surface area (Å²) < 4.78 is 5.85. The molecular weight excluding hydrogens is 336 g/mol. The molecular formula is C16H19ClN2O3S. The second-order valence-electron chi connectivity index (χ2n) is 5.00. The molecule has 0 saturated heterocycles. The van der Waals surface area contributed by atoms with Crippen LogP contribution in [0.1, 0.15) is 17.2 Å². The fraction of sp³-hybridized carbons (Fsp3) is 0.250. The number of hydrogen-bond acceptors (Lipinski definition) is 6. The van der Waals surface area contributed by atoms with Crippen LogP contribution in [-0.4, -0.2) is 22.3 Å². The van der Waals surface area contributed by atoms with Gasteiger partial charge in [-0.1, -0.05) is 48.2 Å². The molecule has 2 atom stereocenters. The van der Waals surface area contributed by atoms with Gasteiger partial charge in [0.25, 0.3) is 0 Å². The fourth-order valence-electron chi connectivity index (χ4n) is 2.35. The molecule has 5 N–H and O–H groups in total. The zero-order valence-electron chi connectivity index (χ0n) is 12.3. The first-order valence-corrected chi connectivity index (χ1v) is 7.90. The van der Waals surface area contributed by atoms with E-state index in [0.29, 0.717) is 23.6 Å². The summed E-state index contributed by atoms with van der Waals surface area (Å²) >= 11 is 1.25. The monoisotopic (exact) mass is 354 g/mol. The largest absolute Gasteiger partial charge is 0.487 e. The van der Waals surface area contributed by atoms with Crippen molar-refractivity contribution in [2.75, 3.05) is 11.9 Å². The molecule has 0 spiro atoms. The standard InChI is InChI=1S/C16H18N2O3S.ClH/c17-8-12(19)11-6-7-13(14-15(11)22-16(20)18-14)21-9-10-4-2-1-3-5-10;/h1-7,12,16,18-20H,8-9,17H2;1H/t12-,16?;/m0./s1. The first kappa shape index (κ1) is 17.9. The molecule has 1 heterocycles. The highest BCUT2D eigenvalue weighted by atomic mass is 35.5. The van der Waals surface area contributed by atoms with Crippen LogP contribution in [0.4, 0.5) is 5.69 Å². The Bertz CT molecular complexity index is 657. The van der Waals surface area contributed by atoms with Crippen LogP contribution in [0.5, 0.6) is 5.75 Å². The number of hydrogen-bond donors (Lipinski definition) is 4. The van der Waals surface area contributed by atoms with Gasteiger partial charge in [-0.3, -0.25) is 0 Å². The molecule has 2 aromatic rings. The van der Waals surface area contributed by atoms with Gasteiger partial charge in [-0.2, -0.15) is 0 Å². The number of rotatable bonds is 5. The smallest absolute Gasteiger partial charge is 0.178 e. The molecule has 2 aromatic carbocycles. The van der Waals surface area contributed by atoms with Crippen LogP contribution >= 0.6 is 24.2 Å². The van der Waals surface area contributed by atoms with Gasteiger partial charge in [0.05, 0.1) is 11.8 Å². The highest BCUT2D eigenvalue weighted by molar-refractivity contribution is 8.00. The minimum Gasteiger partial charge on any atom is -0.487 e. The van der Waals surface area contributed by atoms with Crippen molar-refractivity contribution < 1.29 is 14.9 Å². The van der Waals surface area contributed by atoms with Crippen LogP contribution in [0.25, 0.3) is 0 Å². The summed E-state index contributed by atoms with van der Waals surface area (Å²) in [4.78, 5) is 0.788. The van der Waals surface area contributed by atoms with Crippen molar-refractivity contribution in [3.05, 3.63) is 53.6 Å². The topological polar surface area (TPSA) is 87.7 Å². The molecule has 3 rings (SSSR count). The number of thioether (sulfide) groups is 1. The molecule has 0 fully saturated rings. The predicted octanol–water partition coefficient (Wildman–Crippen LogP) is 2.47. The van der Waals surface area contributed by atoms with Crippen LogP contribution in [0.3, 0.4) is 0 Å². The molecule has 1 unspecified atom stereocenters. The number of ether oxygens (including phenoxy) is 1. The Kier molecular flexibility index (Phi) is 6.15. The maximum absolute atomic E-state index is 9.99. The van der Waals surface area contributed by atoms with Crippen molar-refractivity contribution in [1.29, 1.82) is 0 Å². The Morgan fingerprint density at radius 3 is 2.65 bits per heavy atom. The minimum absolute atomic E-state index is 0. The summed E-state index contributed by atoms with van der Waals surface area (Å²) in [5, 5.41) is 22.8. The Hall–Kier alpha value is -1.44. The number of benzene rings is 2. The number of aliphatic hydroxyl groups excluding tert-OH is 2. The average Bonchev–Trinajstić information content (AvgIpc) is 2.94. The molecule has 0 amide bonds. The van der Waals surface area contributed by atoms with E-state index in [0.717, 1.165) is 10.5 Å². The molecule has 0 radical (unpaired) electrons. The third-order valence-electron chi connectivity index (χ3n) is 3.47. The number of nitrogens with two attached hydrogens (primary N) is 1. The minimum atomic E-state index is -0.753. The van der Waals surface area contributed by atoms with Gasteiger partial charge in [0.1, 0.15) is 12.4 Å². The first-order valence-electron chi connectivity index (χ1n) is 7.02. The predicted molar refractivity (Wildman–Crippen MR) is 94.0 cm³/mol. The molecule has 23 heavy (non-hydrogen) atoms. The van der Waals surface area contributed by atoms with Crippen molar-refractivity contribution >= 4 is 29.9 Å². The van der Waals surface area contributed by atoms with E-state index in [2.05, 4.69) is 5.32 Å². The van der Waals surface area contributed by atoms with Crippen LogP contribution in [0.2, 0.25) is 0 Å². The van der Waals surface area contributed by atoms with Crippen LogP contribution in [0, 0.1) is 0 Å². The van der Waals surface area contributed by atoms with E-state index in [4.69, 9.17) is 10.5 Å². The Labute approximate surface area is 145 Å². The maximum atomic E-state index is 9.99. The van der Waals surface area contributed by atoms with Gasteiger partial charge in [-0.05, 0) is 17.2 Å². The van der Waals surface area contributed by atoms with Crippen LogP contribution in [-0.2, 0) is 6.61 Å². The number of aliphatic hydroxyl groups is 2. The molecule has 1 aliphatic rings. The molecule has 7 heteroatoms. The third-order valence-corrected chi connectivity index (χ3v) is 4.48. The van der Waals surface area contributed by atoms with Gasteiger partial charge in [-0.15, -0.1) is 12.4 Å². The third kappa shape index (κ3) is 3.91. The van der Waals surface area contributed by atoms with Gasteiger partial charge in [0.15, 0.2) is 5.56 Å². The molecule has 1 aliphatic heterocycles. The highest BCUT2D eigenvalue weighted by Crippen LogP contribution is 2.47. The summed E-state index contributed by atoms with van der Waals surface area (Å²) in [6.07, 6.45) is -0.753. The average molecular weight is 355 g/mol. The molecule has 5 nitrogen and oxygen atoms in total. The van der Waals surface area contributed by atoms with Crippen LogP contribution in [0.15, 0.2) is 47.4 Å². The zero-order chi connectivity index (χ0) is 15.5. The summed E-state index contributed by atoms with van der Waals surface area (Å²) in [5.74, 6) is 0.649. The van der Waals surface area contributed by atoms with Gasteiger partial charge in [0, 0.05) is 11.4 Å². The number of nitrogens with one attached hydrogen (secondary N) is 1.